The number of aliphatic hydroxyl groups excluding tert-OH is 1. The molecule has 0 fully saturated rings. The molecule has 0 aromatic heterocycles. The van der Waals surface area contributed by atoms with Gasteiger partial charge in [0.2, 0.25) is 0 Å². The Morgan fingerprint density at radius 1 is 1.78 bits per heavy atom. The van der Waals surface area contributed by atoms with E-state index in [1.54, 1.807) is 0 Å². The SMILES string of the molecule is NC1C=C(O)C=NC1=O. The number of aliphatic imine (C=N–C) groups is 1. The first kappa shape index (κ1) is 5.97. The van der Waals surface area contributed by atoms with E-state index in [1.807, 2.05) is 0 Å². The Kier molecular flexibility index (Phi) is 1.32. The number of aliphatic hydroxyl groups is 1. The van der Waals surface area contributed by atoms with Crippen molar-refractivity contribution in [1.82, 2.24) is 0 Å². The van der Waals surface area contributed by atoms with E-state index in [4.69, 9.17) is 10.8 Å². The smallest absolute Gasteiger partial charge is 0.266 e. The third-order valence-corrected chi connectivity index (χ3v) is 0.960. The van der Waals surface area contributed by atoms with E-state index in [9.17, 15) is 4.79 Å². The van der Waals surface area contributed by atoms with Crippen LogP contribution in [0.4, 0.5) is 0 Å². The summed E-state index contributed by atoms with van der Waals surface area (Å²) in [6.07, 6.45) is 2.32. The van der Waals surface area contributed by atoms with Crippen LogP contribution >= 0.6 is 0 Å². The van der Waals surface area contributed by atoms with Crippen molar-refractivity contribution in [2.24, 2.45) is 10.7 Å². The molecule has 1 heterocycles. The van der Waals surface area contributed by atoms with Gasteiger partial charge in [0.05, 0.1) is 6.21 Å². The molecule has 1 aliphatic heterocycles. The number of hydrogen-bond donors (Lipinski definition) is 2. The zero-order valence-electron chi connectivity index (χ0n) is 4.61. The lowest BCUT2D eigenvalue weighted by molar-refractivity contribution is -0.118. The fourth-order valence-electron chi connectivity index (χ4n) is 0.514. The Morgan fingerprint density at radius 2 is 2.44 bits per heavy atom. The van der Waals surface area contributed by atoms with Gasteiger partial charge in [0, 0.05) is 0 Å². The molecule has 1 rings (SSSR count). The predicted molar refractivity (Wildman–Crippen MR) is 32.2 cm³/mol. The summed E-state index contributed by atoms with van der Waals surface area (Å²) in [4.78, 5) is 13.7. The first-order chi connectivity index (χ1) is 4.20. The van der Waals surface area contributed by atoms with Gasteiger partial charge in [0.15, 0.2) is 0 Å². The fourth-order valence-corrected chi connectivity index (χ4v) is 0.514. The van der Waals surface area contributed by atoms with Crippen LogP contribution in [0.25, 0.3) is 0 Å². The first-order valence-corrected chi connectivity index (χ1v) is 2.44. The molecule has 0 radical (unpaired) electrons. The van der Waals surface area contributed by atoms with E-state index in [1.165, 1.54) is 6.08 Å². The molecule has 0 saturated heterocycles. The molecule has 0 aliphatic carbocycles. The Hall–Kier alpha value is -1.16. The number of amides is 1. The van der Waals surface area contributed by atoms with Crippen molar-refractivity contribution in [2.45, 2.75) is 6.04 Å². The van der Waals surface area contributed by atoms with E-state index in [0.717, 1.165) is 6.21 Å². The average Bonchev–Trinajstić information content (AvgIpc) is 1.80. The van der Waals surface area contributed by atoms with Crippen LogP contribution in [0.2, 0.25) is 0 Å². The lowest BCUT2D eigenvalue weighted by Gasteiger charge is -2.04. The number of dihydropyridines is 1. The molecule has 0 aromatic carbocycles. The van der Waals surface area contributed by atoms with Gasteiger partial charge in [-0.3, -0.25) is 4.79 Å². The molecule has 4 nitrogen and oxygen atoms in total. The molecule has 4 heteroatoms. The monoisotopic (exact) mass is 126 g/mol. The van der Waals surface area contributed by atoms with Crippen molar-refractivity contribution in [3.8, 4) is 0 Å². The van der Waals surface area contributed by atoms with Gasteiger partial charge in [-0.2, -0.15) is 0 Å². The maximum Gasteiger partial charge on any atom is 0.266 e. The van der Waals surface area contributed by atoms with Gasteiger partial charge >= 0.3 is 0 Å². The van der Waals surface area contributed by atoms with Gasteiger partial charge in [-0.25, -0.2) is 4.99 Å². The van der Waals surface area contributed by atoms with Gasteiger partial charge in [-0.1, -0.05) is 0 Å². The summed E-state index contributed by atoms with van der Waals surface area (Å²) in [7, 11) is 0. The summed E-state index contributed by atoms with van der Waals surface area (Å²) in [5, 5.41) is 8.68. The summed E-state index contributed by atoms with van der Waals surface area (Å²) >= 11 is 0. The third-order valence-electron chi connectivity index (χ3n) is 0.960. The molecular formula is C5H6N2O2. The molecule has 0 bridgehead atoms. The minimum atomic E-state index is -0.769. The Bertz CT molecular complexity index is 195. The van der Waals surface area contributed by atoms with E-state index >= 15 is 0 Å². The van der Waals surface area contributed by atoms with Crippen LogP contribution < -0.4 is 5.73 Å². The van der Waals surface area contributed by atoms with Crippen LogP contribution in [0.3, 0.4) is 0 Å². The highest BCUT2D eigenvalue weighted by Gasteiger charge is 2.13. The molecule has 1 atom stereocenters. The van der Waals surface area contributed by atoms with Gasteiger partial charge < -0.3 is 10.8 Å². The minimum Gasteiger partial charge on any atom is -0.507 e. The molecule has 0 saturated carbocycles. The summed E-state index contributed by atoms with van der Waals surface area (Å²) in [6.45, 7) is 0. The van der Waals surface area contributed by atoms with Crippen molar-refractivity contribution in [2.75, 3.05) is 0 Å². The maximum absolute atomic E-state index is 10.5. The topological polar surface area (TPSA) is 75.7 Å². The van der Waals surface area contributed by atoms with Crippen molar-refractivity contribution >= 4 is 12.1 Å². The number of rotatable bonds is 0. The van der Waals surface area contributed by atoms with E-state index in [-0.39, 0.29) is 5.76 Å². The second-order valence-electron chi connectivity index (χ2n) is 1.71. The molecule has 1 aliphatic rings. The molecule has 9 heavy (non-hydrogen) atoms. The molecular weight excluding hydrogens is 120 g/mol. The average molecular weight is 126 g/mol. The number of nitrogens with zero attached hydrogens (tertiary/aromatic N) is 1. The van der Waals surface area contributed by atoms with Crippen molar-refractivity contribution in [3.63, 3.8) is 0 Å². The number of allylic oxidation sites excluding steroid dienone is 1. The van der Waals surface area contributed by atoms with E-state index in [0.29, 0.717) is 0 Å². The largest absolute Gasteiger partial charge is 0.507 e. The third kappa shape index (κ3) is 1.14. The normalized spacial score (nSPS) is 26.1. The summed E-state index contributed by atoms with van der Waals surface area (Å²) in [6, 6.07) is -0.769. The number of nitrogens with two attached hydrogens (primary N) is 1. The van der Waals surface area contributed by atoms with E-state index in [2.05, 4.69) is 4.99 Å². The van der Waals surface area contributed by atoms with Crippen LogP contribution in [-0.2, 0) is 4.79 Å². The minimum absolute atomic E-state index is 0.0536. The summed E-state index contributed by atoms with van der Waals surface area (Å²) < 4.78 is 0. The highest BCUT2D eigenvalue weighted by Crippen LogP contribution is 1.97. The van der Waals surface area contributed by atoms with Crippen LogP contribution in [-0.4, -0.2) is 23.3 Å². The Balaban J connectivity index is 2.82. The number of hydrogen-bond acceptors (Lipinski definition) is 3. The fraction of sp³-hybridized carbons (Fsp3) is 0.200. The summed E-state index contributed by atoms with van der Waals surface area (Å²) in [5.74, 6) is -0.477. The quantitative estimate of drug-likeness (QED) is 0.453. The van der Waals surface area contributed by atoms with Crippen LogP contribution in [0.1, 0.15) is 0 Å². The van der Waals surface area contributed by atoms with Gasteiger partial charge in [-0.15, -0.1) is 0 Å². The highest BCUT2D eigenvalue weighted by atomic mass is 16.3. The lowest BCUT2D eigenvalue weighted by Crippen LogP contribution is -2.29. The predicted octanol–water partition coefficient (Wildman–Crippen LogP) is -0.633. The van der Waals surface area contributed by atoms with Crippen molar-refractivity contribution in [1.29, 1.82) is 0 Å². The lowest BCUT2D eigenvalue weighted by atomic mass is 10.2. The van der Waals surface area contributed by atoms with Crippen molar-refractivity contribution in [3.05, 3.63) is 11.8 Å². The second-order valence-corrected chi connectivity index (χ2v) is 1.71. The maximum atomic E-state index is 10.5. The zero-order valence-corrected chi connectivity index (χ0v) is 4.61. The molecule has 1 unspecified atom stereocenters. The Labute approximate surface area is 51.7 Å². The number of carbonyl (C=O) groups is 1. The van der Waals surface area contributed by atoms with Crippen LogP contribution in [0.5, 0.6) is 0 Å². The van der Waals surface area contributed by atoms with Gasteiger partial charge in [0.1, 0.15) is 11.8 Å². The molecule has 0 spiro atoms. The summed E-state index contributed by atoms with van der Waals surface area (Å²) in [5.41, 5.74) is 5.17. The molecule has 48 valence electrons. The Morgan fingerprint density at radius 3 is 2.89 bits per heavy atom. The molecule has 3 N–H and O–H groups in total. The number of carbonyl (C=O) groups excluding carboxylic acids is 1. The highest BCUT2D eigenvalue weighted by molar-refractivity contribution is 5.97. The van der Waals surface area contributed by atoms with Crippen LogP contribution in [0.15, 0.2) is 16.8 Å². The standard InChI is InChI=1S/C5H6N2O2/c6-4-1-3(8)2-7-5(4)9/h1-2,4,8H,6H2. The van der Waals surface area contributed by atoms with Crippen molar-refractivity contribution < 1.29 is 9.90 Å². The zero-order chi connectivity index (χ0) is 6.85. The molecule has 1 amide bonds. The first-order valence-electron chi connectivity index (χ1n) is 2.44. The second kappa shape index (κ2) is 1.99. The van der Waals surface area contributed by atoms with Crippen LogP contribution in [0, 0.1) is 0 Å². The van der Waals surface area contributed by atoms with E-state index < -0.39 is 11.9 Å². The van der Waals surface area contributed by atoms with Gasteiger partial charge in [-0.05, 0) is 6.08 Å². The van der Waals surface area contributed by atoms with Gasteiger partial charge in [0.25, 0.3) is 5.91 Å². The molecule has 0 aromatic rings.